The molecule has 0 aliphatic heterocycles. The van der Waals surface area contributed by atoms with Crippen LogP contribution in [0.3, 0.4) is 0 Å². The number of benzene rings is 2. The van der Waals surface area contributed by atoms with Crippen molar-refractivity contribution in [3.05, 3.63) is 58.1 Å². The zero-order valence-corrected chi connectivity index (χ0v) is 11.0. The normalized spacial score (nSPS) is 10.4. The van der Waals surface area contributed by atoms with Crippen molar-refractivity contribution >= 4 is 35.0 Å². The molecule has 0 aliphatic rings. The maximum atomic E-state index is 5.95. The van der Waals surface area contributed by atoms with Crippen LogP contribution in [0.2, 0.25) is 10.0 Å². The molecule has 82 valence electrons. The number of rotatable bonds is 2. The molecule has 0 heterocycles. The van der Waals surface area contributed by atoms with Crippen LogP contribution >= 0.6 is 35.0 Å². The highest BCUT2D eigenvalue weighted by Gasteiger charge is 2.01. The molecule has 0 spiro atoms. The van der Waals surface area contributed by atoms with Crippen LogP contribution in [-0.2, 0) is 0 Å². The molecule has 0 saturated carbocycles. The number of hydrogen-bond donors (Lipinski definition) is 0. The average molecular weight is 269 g/mol. The first-order valence-corrected chi connectivity index (χ1v) is 6.41. The summed E-state index contributed by atoms with van der Waals surface area (Å²) < 4.78 is 0. The Hall–Kier alpha value is -0.630. The van der Waals surface area contributed by atoms with Gasteiger partial charge in [0.25, 0.3) is 0 Å². The van der Waals surface area contributed by atoms with Crippen LogP contribution in [0.25, 0.3) is 0 Å². The van der Waals surface area contributed by atoms with Gasteiger partial charge in [0.05, 0.1) is 0 Å². The van der Waals surface area contributed by atoms with Crippen LogP contribution in [0.4, 0.5) is 0 Å². The van der Waals surface area contributed by atoms with E-state index in [-0.39, 0.29) is 0 Å². The topological polar surface area (TPSA) is 0 Å². The fourth-order valence-electron chi connectivity index (χ4n) is 1.40. The molecule has 3 heteroatoms. The maximum absolute atomic E-state index is 5.95. The molecule has 0 saturated heterocycles. The van der Waals surface area contributed by atoms with E-state index in [2.05, 4.69) is 25.1 Å². The lowest BCUT2D eigenvalue weighted by molar-refractivity contribution is 1.35. The SMILES string of the molecule is Cc1cccc(Sc2cc(Cl)cc(Cl)c2)c1. The molecule has 16 heavy (non-hydrogen) atoms. The molecule has 0 amide bonds. The molecule has 2 rings (SSSR count). The minimum atomic E-state index is 0.669. The molecule has 0 bridgehead atoms. The Bertz CT molecular complexity index is 489. The van der Waals surface area contributed by atoms with Gasteiger partial charge in [0.2, 0.25) is 0 Å². The fraction of sp³-hybridized carbons (Fsp3) is 0.0769. The van der Waals surface area contributed by atoms with Crippen molar-refractivity contribution in [1.82, 2.24) is 0 Å². The predicted octanol–water partition coefficient (Wildman–Crippen LogP) is 5.45. The molecular formula is C13H10Cl2S. The van der Waals surface area contributed by atoms with Crippen molar-refractivity contribution in [2.24, 2.45) is 0 Å². The number of hydrogen-bond acceptors (Lipinski definition) is 1. The highest BCUT2D eigenvalue weighted by atomic mass is 35.5. The lowest BCUT2D eigenvalue weighted by Crippen LogP contribution is -1.76. The third kappa shape index (κ3) is 3.18. The standard InChI is InChI=1S/C13H10Cl2S/c1-9-3-2-4-12(5-9)16-13-7-10(14)6-11(15)8-13/h2-8H,1H3. The van der Waals surface area contributed by atoms with E-state index in [1.165, 1.54) is 10.5 Å². The second-order valence-corrected chi connectivity index (χ2v) is 5.54. The summed E-state index contributed by atoms with van der Waals surface area (Å²) in [6.07, 6.45) is 0. The molecular weight excluding hydrogens is 259 g/mol. The number of aryl methyl sites for hydroxylation is 1. The first-order valence-electron chi connectivity index (χ1n) is 4.84. The van der Waals surface area contributed by atoms with Crippen LogP contribution in [0.5, 0.6) is 0 Å². The molecule has 0 nitrogen and oxygen atoms in total. The third-order valence-corrected chi connectivity index (χ3v) is 3.46. The summed E-state index contributed by atoms with van der Waals surface area (Å²) in [6.45, 7) is 2.08. The molecule has 2 aromatic carbocycles. The van der Waals surface area contributed by atoms with Crippen molar-refractivity contribution in [3.63, 3.8) is 0 Å². The summed E-state index contributed by atoms with van der Waals surface area (Å²) in [6, 6.07) is 13.9. The van der Waals surface area contributed by atoms with Gasteiger partial charge in [-0.1, -0.05) is 52.7 Å². The van der Waals surface area contributed by atoms with E-state index in [0.717, 1.165) is 4.90 Å². The van der Waals surface area contributed by atoms with E-state index >= 15 is 0 Å². The van der Waals surface area contributed by atoms with E-state index in [0.29, 0.717) is 10.0 Å². The molecule has 0 fully saturated rings. The van der Waals surface area contributed by atoms with Gasteiger partial charge in [-0.25, -0.2) is 0 Å². The summed E-state index contributed by atoms with van der Waals surface area (Å²) >= 11 is 13.6. The molecule has 0 aromatic heterocycles. The van der Waals surface area contributed by atoms with Crippen molar-refractivity contribution in [3.8, 4) is 0 Å². The largest absolute Gasteiger partial charge is 0.0900 e. The zero-order chi connectivity index (χ0) is 11.5. The van der Waals surface area contributed by atoms with Gasteiger partial charge in [0, 0.05) is 19.8 Å². The van der Waals surface area contributed by atoms with Crippen molar-refractivity contribution in [2.45, 2.75) is 16.7 Å². The molecule has 0 aliphatic carbocycles. The third-order valence-electron chi connectivity index (χ3n) is 2.06. The Morgan fingerprint density at radius 1 is 0.875 bits per heavy atom. The van der Waals surface area contributed by atoms with Crippen molar-refractivity contribution < 1.29 is 0 Å². The monoisotopic (exact) mass is 268 g/mol. The summed E-state index contributed by atoms with van der Waals surface area (Å²) in [5, 5.41) is 1.34. The fourth-order valence-corrected chi connectivity index (χ4v) is 3.09. The molecule has 0 atom stereocenters. The second kappa shape index (κ2) is 5.13. The van der Waals surface area contributed by atoms with Crippen LogP contribution in [0.15, 0.2) is 52.3 Å². The highest BCUT2D eigenvalue weighted by Crippen LogP contribution is 2.32. The first-order chi connectivity index (χ1) is 7.63. The molecule has 0 N–H and O–H groups in total. The first kappa shape index (κ1) is 11.8. The Labute approximate surface area is 110 Å². The predicted molar refractivity (Wildman–Crippen MR) is 71.8 cm³/mol. The van der Waals surface area contributed by atoms with E-state index in [1.54, 1.807) is 17.8 Å². The summed E-state index contributed by atoms with van der Waals surface area (Å²) in [5.74, 6) is 0. The van der Waals surface area contributed by atoms with E-state index in [1.807, 2.05) is 18.2 Å². The Morgan fingerprint density at radius 2 is 1.56 bits per heavy atom. The molecule has 0 radical (unpaired) electrons. The van der Waals surface area contributed by atoms with E-state index in [4.69, 9.17) is 23.2 Å². The van der Waals surface area contributed by atoms with E-state index < -0.39 is 0 Å². The van der Waals surface area contributed by atoms with Crippen LogP contribution in [0.1, 0.15) is 5.56 Å². The summed E-state index contributed by atoms with van der Waals surface area (Å²) in [4.78, 5) is 2.25. The Kier molecular flexibility index (Phi) is 3.80. The molecule has 0 unspecified atom stereocenters. The quantitative estimate of drug-likeness (QED) is 0.698. The van der Waals surface area contributed by atoms with Crippen molar-refractivity contribution in [1.29, 1.82) is 0 Å². The summed E-state index contributed by atoms with van der Waals surface area (Å²) in [7, 11) is 0. The van der Waals surface area contributed by atoms with Gasteiger partial charge >= 0.3 is 0 Å². The lowest BCUT2D eigenvalue weighted by Gasteiger charge is -2.04. The molecule has 2 aromatic rings. The summed E-state index contributed by atoms with van der Waals surface area (Å²) in [5.41, 5.74) is 1.25. The van der Waals surface area contributed by atoms with Gasteiger partial charge in [-0.05, 0) is 37.3 Å². The van der Waals surface area contributed by atoms with E-state index in [9.17, 15) is 0 Å². The lowest BCUT2D eigenvalue weighted by atomic mass is 10.2. The van der Waals surface area contributed by atoms with Gasteiger partial charge in [-0.3, -0.25) is 0 Å². The Morgan fingerprint density at radius 3 is 2.19 bits per heavy atom. The zero-order valence-electron chi connectivity index (χ0n) is 8.71. The highest BCUT2D eigenvalue weighted by molar-refractivity contribution is 7.99. The van der Waals surface area contributed by atoms with Crippen LogP contribution in [0, 0.1) is 6.92 Å². The van der Waals surface area contributed by atoms with Gasteiger partial charge in [-0.15, -0.1) is 0 Å². The van der Waals surface area contributed by atoms with Crippen molar-refractivity contribution in [2.75, 3.05) is 0 Å². The van der Waals surface area contributed by atoms with Crippen LogP contribution in [-0.4, -0.2) is 0 Å². The van der Waals surface area contributed by atoms with Gasteiger partial charge < -0.3 is 0 Å². The van der Waals surface area contributed by atoms with Crippen LogP contribution < -0.4 is 0 Å². The second-order valence-electron chi connectivity index (χ2n) is 3.52. The average Bonchev–Trinajstić information content (AvgIpc) is 2.15. The Balaban J connectivity index is 2.27. The van der Waals surface area contributed by atoms with Gasteiger partial charge in [0.1, 0.15) is 0 Å². The minimum Gasteiger partial charge on any atom is -0.0900 e. The van der Waals surface area contributed by atoms with Gasteiger partial charge in [-0.2, -0.15) is 0 Å². The smallest absolute Gasteiger partial charge is 0.0432 e. The van der Waals surface area contributed by atoms with Gasteiger partial charge in [0.15, 0.2) is 0 Å². The minimum absolute atomic E-state index is 0.669. The maximum Gasteiger partial charge on any atom is 0.0432 e. The number of halogens is 2.